The highest BCUT2D eigenvalue weighted by Crippen LogP contribution is 2.18. The Hall–Kier alpha value is -1.55. The topological polar surface area (TPSA) is 43.8 Å². The second-order valence-electron chi connectivity index (χ2n) is 5.28. The first-order valence-corrected chi connectivity index (χ1v) is 5.96. The summed E-state index contributed by atoms with van der Waals surface area (Å²) < 4.78 is 0. The third-order valence-electron chi connectivity index (χ3n) is 3.21. The predicted molar refractivity (Wildman–Crippen MR) is 74.0 cm³/mol. The van der Waals surface area contributed by atoms with E-state index in [2.05, 4.69) is 0 Å². The number of anilines is 1. The van der Waals surface area contributed by atoms with Crippen LogP contribution >= 0.6 is 0 Å². The minimum Gasteiger partial charge on any atom is -0.394 e. The summed E-state index contributed by atoms with van der Waals surface area (Å²) in [4.78, 5) is 15.8. The number of aliphatic hydroxyl groups excluding tert-OH is 1. The second kappa shape index (κ2) is 5.40. The predicted octanol–water partition coefficient (Wildman–Crippen LogP) is 1.60. The molecular weight excluding hydrogens is 228 g/mol. The first kappa shape index (κ1) is 14.5. The van der Waals surface area contributed by atoms with Gasteiger partial charge in [-0.3, -0.25) is 4.79 Å². The molecule has 0 saturated heterocycles. The maximum atomic E-state index is 12.3. The van der Waals surface area contributed by atoms with Crippen LogP contribution in [0.25, 0.3) is 0 Å². The van der Waals surface area contributed by atoms with Crippen molar-refractivity contribution in [2.75, 3.05) is 32.6 Å². The number of amides is 1. The van der Waals surface area contributed by atoms with Crippen LogP contribution in [0, 0.1) is 0 Å². The summed E-state index contributed by atoms with van der Waals surface area (Å²) in [6.45, 7) is 3.60. The van der Waals surface area contributed by atoms with Gasteiger partial charge in [-0.1, -0.05) is 6.07 Å². The Labute approximate surface area is 109 Å². The summed E-state index contributed by atoms with van der Waals surface area (Å²) in [5, 5.41) is 9.30. The molecular formula is C14H22N2O2. The van der Waals surface area contributed by atoms with Crippen LogP contribution in [0.2, 0.25) is 0 Å². The minimum absolute atomic E-state index is 0.0669. The molecule has 1 rings (SSSR count). The highest BCUT2D eigenvalue weighted by Gasteiger charge is 2.27. The molecule has 0 aromatic heterocycles. The first-order valence-electron chi connectivity index (χ1n) is 5.96. The summed E-state index contributed by atoms with van der Waals surface area (Å²) in [6.07, 6.45) is 0. The average Bonchev–Trinajstić information content (AvgIpc) is 2.37. The van der Waals surface area contributed by atoms with Crippen molar-refractivity contribution in [2.24, 2.45) is 0 Å². The van der Waals surface area contributed by atoms with Crippen LogP contribution in [0.4, 0.5) is 5.69 Å². The Kier molecular flexibility index (Phi) is 4.35. The van der Waals surface area contributed by atoms with Crippen molar-refractivity contribution < 1.29 is 9.90 Å². The van der Waals surface area contributed by atoms with Gasteiger partial charge in [0.25, 0.3) is 5.91 Å². The zero-order chi connectivity index (χ0) is 13.9. The van der Waals surface area contributed by atoms with Crippen LogP contribution in [-0.4, -0.2) is 49.2 Å². The number of carbonyl (C=O) groups is 1. The fourth-order valence-electron chi connectivity index (χ4n) is 1.49. The number of likely N-dealkylation sites (N-methyl/N-ethyl adjacent to an activating group) is 1. The number of benzene rings is 1. The van der Waals surface area contributed by atoms with Gasteiger partial charge in [0.2, 0.25) is 0 Å². The Morgan fingerprint density at radius 1 is 1.28 bits per heavy atom. The molecule has 0 spiro atoms. The molecule has 0 saturated carbocycles. The Morgan fingerprint density at radius 3 is 2.39 bits per heavy atom. The third kappa shape index (κ3) is 3.01. The van der Waals surface area contributed by atoms with E-state index in [9.17, 15) is 9.90 Å². The van der Waals surface area contributed by atoms with Crippen LogP contribution < -0.4 is 4.90 Å². The van der Waals surface area contributed by atoms with Crippen LogP contribution in [0.15, 0.2) is 24.3 Å². The zero-order valence-corrected chi connectivity index (χ0v) is 11.8. The number of hydrogen-bond donors (Lipinski definition) is 1. The summed E-state index contributed by atoms with van der Waals surface area (Å²) >= 11 is 0. The van der Waals surface area contributed by atoms with Crippen molar-refractivity contribution in [3.63, 3.8) is 0 Å². The Balaban J connectivity index is 3.01. The molecule has 0 aliphatic rings. The van der Waals surface area contributed by atoms with Crippen molar-refractivity contribution in [3.05, 3.63) is 29.8 Å². The van der Waals surface area contributed by atoms with E-state index in [1.165, 1.54) is 0 Å². The Bertz CT molecular complexity index is 428. The molecule has 0 heterocycles. The molecule has 0 radical (unpaired) electrons. The molecule has 0 aliphatic carbocycles. The molecule has 0 atom stereocenters. The number of nitrogens with zero attached hydrogens (tertiary/aromatic N) is 2. The highest BCUT2D eigenvalue weighted by atomic mass is 16.3. The quantitative estimate of drug-likeness (QED) is 0.882. The molecule has 0 aliphatic heterocycles. The van der Waals surface area contributed by atoms with E-state index in [1.807, 2.05) is 51.0 Å². The van der Waals surface area contributed by atoms with Crippen LogP contribution in [0.5, 0.6) is 0 Å². The van der Waals surface area contributed by atoms with E-state index in [1.54, 1.807) is 18.0 Å². The molecule has 4 heteroatoms. The molecule has 0 fully saturated rings. The molecule has 4 nitrogen and oxygen atoms in total. The number of hydrogen-bond acceptors (Lipinski definition) is 3. The normalized spacial score (nSPS) is 11.2. The van der Waals surface area contributed by atoms with Crippen molar-refractivity contribution in [1.82, 2.24) is 4.90 Å². The van der Waals surface area contributed by atoms with Gasteiger partial charge in [0.15, 0.2) is 0 Å². The van der Waals surface area contributed by atoms with Gasteiger partial charge in [0.05, 0.1) is 12.1 Å². The number of carbonyl (C=O) groups excluding carboxylic acids is 1. The molecule has 1 amide bonds. The van der Waals surface area contributed by atoms with Crippen LogP contribution in [-0.2, 0) is 0 Å². The first-order chi connectivity index (χ1) is 8.29. The number of rotatable bonds is 4. The van der Waals surface area contributed by atoms with Crippen molar-refractivity contribution in [2.45, 2.75) is 19.4 Å². The fourth-order valence-corrected chi connectivity index (χ4v) is 1.49. The van der Waals surface area contributed by atoms with Crippen molar-refractivity contribution >= 4 is 11.6 Å². The molecule has 18 heavy (non-hydrogen) atoms. The van der Waals surface area contributed by atoms with E-state index in [-0.39, 0.29) is 12.5 Å². The largest absolute Gasteiger partial charge is 0.394 e. The molecule has 1 aromatic rings. The van der Waals surface area contributed by atoms with Crippen molar-refractivity contribution in [3.8, 4) is 0 Å². The van der Waals surface area contributed by atoms with Gasteiger partial charge in [-0.25, -0.2) is 0 Å². The van der Waals surface area contributed by atoms with Gasteiger partial charge in [-0.05, 0) is 32.0 Å². The molecule has 1 aromatic carbocycles. The smallest absolute Gasteiger partial charge is 0.254 e. The standard InChI is InChI=1S/C14H22N2O2/c1-14(2,10-17)16(5)13(18)11-7-6-8-12(9-11)15(3)4/h6-9,17H,10H2,1-5H3. The molecule has 0 unspecified atom stereocenters. The summed E-state index contributed by atoms with van der Waals surface area (Å²) in [6, 6.07) is 7.46. The summed E-state index contributed by atoms with van der Waals surface area (Å²) in [5.74, 6) is -0.0854. The van der Waals surface area contributed by atoms with E-state index in [0.29, 0.717) is 5.56 Å². The molecule has 1 N–H and O–H groups in total. The van der Waals surface area contributed by atoms with Crippen LogP contribution in [0.1, 0.15) is 24.2 Å². The maximum Gasteiger partial charge on any atom is 0.254 e. The number of aliphatic hydroxyl groups is 1. The summed E-state index contributed by atoms with van der Waals surface area (Å²) in [7, 11) is 5.58. The second-order valence-corrected chi connectivity index (χ2v) is 5.28. The van der Waals surface area contributed by atoms with E-state index < -0.39 is 5.54 Å². The lowest BCUT2D eigenvalue weighted by Gasteiger charge is -2.34. The van der Waals surface area contributed by atoms with Gasteiger partial charge in [-0.15, -0.1) is 0 Å². The van der Waals surface area contributed by atoms with E-state index in [0.717, 1.165) is 5.69 Å². The zero-order valence-electron chi connectivity index (χ0n) is 11.8. The molecule has 100 valence electrons. The van der Waals surface area contributed by atoms with Gasteiger partial charge >= 0.3 is 0 Å². The fraction of sp³-hybridized carbons (Fsp3) is 0.500. The monoisotopic (exact) mass is 250 g/mol. The lowest BCUT2D eigenvalue weighted by atomic mass is 10.0. The lowest BCUT2D eigenvalue weighted by molar-refractivity contribution is 0.0473. The lowest BCUT2D eigenvalue weighted by Crippen LogP contribution is -2.47. The molecule has 0 bridgehead atoms. The third-order valence-corrected chi connectivity index (χ3v) is 3.21. The van der Waals surface area contributed by atoms with Crippen LogP contribution in [0.3, 0.4) is 0 Å². The van der Waals surface area contributed by atoms with Crippen molar-refractivity contribution in [1.29, 1.82) is 0 Å². The maximum absolute atomic E-state index is 12.3. The van der Waals surface area contributed by atoms with Gasteiger partial charge in [-0.2, -0.15) is 0 Å². The van der Waals surface area contributed by atoms with E-state index in [4.69, 9.17) is 0 Å². The highest BCUT2D eigenvalue weighted by molar-refractivity contribution is 5.95. The van der Waals surface area contributed by atoms with Gasteiger partial charge in [0.1, 0.15) is 0 Å². The SMILES string of the molecule is CN(C)c1cccc(C(=O)N(C)C(C)(C)CO)c1. The Morgan fingerprint density at radius 2 is 1.89 bits per heavy atom. The minimum atomic E-state index is -0.564. The van der Waals surface area contributed by atoms with Gasteiger partial charge in [0, 0.05) is 32.4 Å². The van der Waals surface area contributed by atoms with Gasteiger partial charge < -0.3 is 14.9 Å². The summed E-state index contributed by atoms with van der Waals surface area (Å²) in [5.41, 5.74) is 1.05. The van der Waals surface area contributed by atoms with E-state index >= 15 is 0 Å². The average molecular weight is 250 g/mol.